The molecule has 2 rings (SSSR count). The summed E-state index contributed by atoms with van der Waals surface area (Å²) in [5.41, 5.74) is 0. The number of hydrogen-bond acceptors (Lipinski definition) is 2. The fraction of sp³-hybridized carbons (Fsp3) is 1.00. The molecule has 0 amide bonds. The van der Waals surface area contributed by atoms with Crippen LogP contribution in [-0.4, -0.2) is 25.2 Å². The Morgan fingerprint density at radius 2 is 2.75 bits per heavy atom. The van der Waals surface area contributed by atoms with Gasteiger partial charge < -0.3 is 10.1 Å². The van der Waals surface area contributed by atoms with Crippen LogP contribution in [0.25, 0.3) is 0 Å². The molecule has 46 valence electrons. The maximum atomic E-state index is 7.40. The van der Waals surface area contributed by atoms with Gasteiger partial charge >= 0.3 is 0 Å². The molecular formula is C6H11NO. The summed E-state index contributed by atoms with van der Waals surface area (Å²) in [6, 6.07) is 0.289. The van der Waals surface area contributed by atoms with Crippen molar-refractivity contribution in [3.05, 3.63) is 0 Å². The van der Waals surface area contributed by atoms with E-state index in [4.69, 9.17) is 7.48 Å². The van der Waals surface area contributed by atoms with Gasteiger partial charge in [0, 0.05) is 15.4 Å². The predicted molar refractivity (Wildman–Crippen MR) is 30.8 cm³/mol. The smallest absolute Gasteiger partial charge is 0.0744 e. The lowest BCUT2D eigenvalue weighted by Crippen LogP contribution is -2.18. The normalized spacial score (nSPS) is 55.0. The van der Waals surface area contributed by atoms with E-state index >= 15 is 0 Å². The van der Waals surface area contributed by atoms with Crippen molar-refractivity contribution in [3.63, 3.8) is 0 Å². The molecular weight excluding hydrogens is 102 g/mol. The molecule has 1 aliphatic heterocycles. The van der Waals surface area contributed by atoms with Gasteiger partial charge in [0.25, 0.3) is 0 Å². The summed E-state index contributed by atoms with van der Waals surface area (Å²) in [5, 5.41) is 2.90. The monoisotopic (exact) mass is 115 g/mol. The second-order valence-electron chi connectivity index (χ2n) is 2.32. The van der Waals surface area contributed by atoms with E-state index in [-0.39, 0.29) is 6.04 Å². The SMILES string of the molecule is [2H]C1([2H])CCOC2CC2N1. The summed E-state index contributed by atoms with van der Waals surface area (Å²) >= 11 is 0. The lowest BCUT2D eigenvalue weighted by atomic mass is 10.4. The average molecular weight is 115 g/mol. The van der Waals surface area contributed by atoms with Crippen molar-refractivity contribution in [2.75, 3.05) is 13.1 Å². The Morgan fingerprint density at radius 3 is 3.75 bits per heavy atom. The van der Waals surface area contributed by atoms with Gasteiger partial charge in [-0.25, -0.2) is 0 Å². The van der Waals surface area contributed by atoms with Crippen LogP contribution in [0.1, 0.15) is 15.6 Å². The van der Waals surface area contributed by atoms with Gasteiger partial charge in [-0.3, -0.25) is 0 Å². The highest BCUT2D eigenvalue weighted by Gasteiger charge is 2.38. The van der Waals surface area contributed by atoms with Gasteiger partial charge in [0.15, 0.2) is 0 Å². The van der Waals surface area contributed by atoms with Gasteiger partial charge in [0.2, 0.25) is 0 Å². The molecule has 0 aromatic heterocycles. The summed E-state index contributed by atoms with van der Waals surface area (Å²) in [6.07, 6.45) is 1.76. The number of rotatable bonds is 0. The molecule has 0 aromatic rings. The first kappa shape index (κ1) is 3.18. The van der Waals surface area contributed by atoms with Crippen molar-refractivity contribution < 1.29 is 7.48 Å². The van der Waals surface area contributed by atoms with Gasteiger partial charge in [-0.2, -0.15) is 0 Å². The third kappa shape index (κ3) is 0.740. The summed E-state index contributed by atoms with van der Waals surface area (Å²) in [7, 11) is 0. The Labute approximate surface area is 52.0 Å². The minimum atomic E-state index is -1.20. The van der Waals surface area contributed by atoms with Crippen LogP contribution in [0.3, 0.4) is 0 Å². The van der Waals surface area contributed by atoms with Crippen LogP contribution in [0.5, 0.6) is 0 Å². The fourth-order valence-corrected chi connectivity index (χ4v) is 0.972. The molecule has 0 bridgehead atoms. The quantitative estimate of drug-likeness (QED) is 0.485. The van der Waals surface area contributed by atoms with E-state index in [9.17, 15) is 0 Å². The number of fused-ring (bicyclic) bond motifs is 1. The molecule has 2 fully saturated rings. The van der Waals surface area contributed by atoms with Crippen molar-refractivity contribution in [2.24, 2.45) is 0 Å². The van der Waals surface area contributed by atoms with Crippen LogP contribution < -0.4 is 5.32 Å². The topological polar surface area (TPSA) is 21.3 Å². The first-order valence-corrected chi connectivity index (χ1v) is 3.07. The minimum Gasteiger partial charge on any atom is -0.376 e. The highest BCUT2D eigenvalue weighted by atomic mass is 16.5. The standard InChI is InChI=1S/C6H11NO/c1-2-7-5-4-6(5)8-3-1/h5-7H,1-4H2/i2D2. The van der Waals surface area contributed by atoms with Gasteiger partial charge in [-0.15, -0.1) is 0 Å². The van der Waals surface area contributed by atoms with Gasteiger partial charge in [-0.1, -0.05) is 0 Å². The van der Waals surface area contributed by atoms with Crippen molar-refractivity contribution in [2.45, 2.75) is 25.0 Å². The average Bonchev–Trinajstić information content (AvgIpc) is 2.42. The van der Waals surface area contributed by atoms with Crippen molar-refractivity contribution in [1.82, 2.24) is 5.32 Å². The second kappa shape index (κ2) is 1.71. The fourth-order valence-electron chi connectivity index (χ4n) is 0.972. The Morgan fingerprint density at radius 1 is 1.75 bits per heavy atom. The molecule has 1 aliphatic carbocycles. The largest absolute Gasteiger partial charge is 0.376 e. The second-order valence-corrected chi connectivity index (χ2v) is 2.32. The summed E-state index contributed by atoms with van der Waals surface area (Å²) in [6.45, 7) is -0.642. The van der Waals surface area contributed by atoms with E-state index in [1.807, 2.05) is 0 Å². The molecule has 2 nitrogen and oxygen atoms in total. The zero-order chi connectivity index (χ0) is 7.19. The molecule has 1 N–H and O–H groups in total. The number of nitrogens with one attached hydrogen (secondary N) is 1. The van der Waals surface area contributed by atoms with Crippen LogP contribution in [0.4, 0.5) is 0 Å². The van der Waals surface area contributed by atoms with E-state index in [1.54, 1.807) is 0 Å². The van der Waals surface area contributed by atoms with Crippen molar-refractivity contribution in [1.29, 1.82) is 0 Å². The van der Waals surface area contributed by atoms with E-state index < -0.39 is 6.50 Å². The predicted octanol–water partition coefficient (Wildman–Crippen LogP) is 0.137. The van der Waals surface area contributed by atoms with Crippen LogP contribution in [0, 0.1) is 0 Å². The number of ether oxygens (including phenoxy) is 1. The molecule has 0 spiro atoms. The van der Waals surface area contributed by atoms with E-state index in [0.717, 1.165) is 6.42 Å². The van der Waals surface area contributed by atoms with Gasteiger partial charge in [-0.05, 0) is 19.3 Å². The zero-order valence-corrected chi connectivity index (χ0v) is 4.68. The van der Waals surface area contributed by atoms with E-state index in [0.29, 0.717) is 19.1 Å². The summed E-state index contributed by atoms with van der Waals surface area (Å²) in [5.74, 6) is 0. The lowest BCUT2D eigenvalue weighted by Gasteiger charge is -1.94. The Kier molecular flexibility index (Phi) is 0.679. The maximum absolute atomic E-state index is 7.40. The molecule has 0 radical (unpaired) electrons. The highest BCUT2D eigenvalue weighted by Crippen LogP contribution is 2.26. The third-order valence-electron chi connectivity index (χ3n) is 1.58. The van der Waals surface area contributed by atoms with E-state index in [1.165, 1.54) is 0 Å². The molecule has 1 saturated carbocycles. The van der Waals surface area contributed by atoms with Crippen LogP contribution in [-0.2, 0) is 4.74 Å². The Hall–Kier alpha value is -0.0800. The van der Waals surface area contributed by atoms with Crippen molar-refractivity contribution in [3.8, 4) is 0 Å². The highest BCUT2D eigenvalue weighted by molar-refractivity contribution is 4.95. The molecule has 1 saturated heterocycles. The summed E-state index contributed by atoms with van der Waals surface area (Å²) < 4.78 is 20.1. The minimum absolute atomic E-state index is 0.289. The van der Waals surface area contributed by atoms with Crippen LogP contribution in [0.2, 0.25) is 0 Å². The Balaban J connectivity index is 2.00. The third-order valence-corrected chi connectivity index (χ3v) is 1.58. The van der Waals surface area contributed by atoms with Gasteiger partial charge in [0.05, 0.1) is 6.10 Å². The molecule has 2 heteroatoms. The lowest BCUT2D eigenvalue weighted by molar-refractivity contribution is 0.123. The van der Waals surface area contributed by atoms with E-state index in [2.05, 4.69) is 5.32 Å². The van der Waals surface area contributed by atoms with Crippen LogP contribution in [0.15, 0.2) is 0 Å². The molecule has 0 aromatic carbocycles. The van der Waals surface area contributed by atoms with Crippen molar-refractivity contribution >= 4 is 0 Å². The first-order valence-electron chi connectivity index (χ1n) is 4.07. The first-order chi connectivity index (χ1) is 4.67. The Bertz CT molecular complexity index is 151. The van der Waals surface area contributed by atoms with Crippen LogP contribution >= 0.6 is 0 Å². The maximum Gasteiger partial charge on any atom is 0.0744 e. The molecule has 2 atom stereocenters. The zero-order valence-electron chi connectivity index (χ0n) is 6.68. The van der Waals surface area contributed by atoms with Gasteiger partial charge in [0.1, 0.15) is 0 Å². The molecule has 8 heavy (non-hydrogen) atoms. The summed E-state index contributed by atoms with van der Waals surface area (Å²) in [4.78, 5) is 0. The number of hydrogen-bond donors (Lipinski definition) is 1. The molecule has 2 aliphatic rings. The molecule has 2 unspecified atom stereocenters. The molecule has 1 heterocycles.